The smallest absolute Gasteiger partial charge is 0.339 e. The number of halogens is 1. The molecule has 4 rings (SSSR count). The second kappa shape index (κ2) is 7.06. The Labute approximate surface area is 153 Å². The molecule has 2 heterocycles. The van der Waals surface area contributed by atoms with Crippen molar-refractivity contribution in [3.05, 3.63) is 89.1 Å². The summed E-state index contributed by atoms with van der Waals surface area (Å²) in [6, 6.07) is 19.1. The highest BCUT2D eigenvalue weighted by Crippen LogP contribution is 2.28. The van der Waals surface area contributed by atoms with E-state index in [1.807, 2.05) is 41.8 Å². The zero-order valence-corrected chi connectivity index (χ0v) is 14.5. The minimum absolute atomic E-state index is 0.0874. The average Bonchev–Trinajstić information content (AvgIpc) is 3.21. The highest BCUT2D eigenvalue weighted by Gasteiger charge is 2.15. The van der Waals surface area contributed by atoms with Crippen LogP contribution in [-0.2, 0) is 11.3 Å². The van der Waals surface area contributed by atoms with Crippen molar-refractivity contribution in [3.8, 4) is 10.6 Å². The Morgan fingerprint density at radius 1 is 1.04 bits per heavy atom. The number of thiophene rings is 1. The molecule has 4 aromatic rings. The van der Waals surface area contributed by atoms with Gasteiger partial charge in [-0.15, -0.1) is 11.3 Å². The number of benzene rings is 2. The average molecular weight is 363 g/mol. The Kier molecular flexibility index (Phi) is 4.46. The summed E-state index contributed by atoms with van der Waals surface area (Å²) in [5, 5.41) is 2.72. The number of hydrogen-bond acceptors (Lipinski definition) is 4. The SMILES string of the molecule is O=C(OCc1ccc(F)cc1)c1cc(-c2cccs2)nc2ccccc12. The molecular formula is C21H14FNO2S. The van der Waals surface area contributed by atoms with Crippen molar-refractivity contribution < 1.29 is 13.9 Å². The van der Waals surface area contributed by atoms with E-state index in [9.17, 15) is 9.18 Å². The maximum Gasteiger partial charge on any atom is 0.339 e. The van der Waals surface area contributed by atoms with Gasteiger partial charge in [-0.1, -0.05) is 36.4 Å². The van der Waals surface area contributed by atoms with Gasteiger partial charge in [-0.05, 0) is 41.3 Å². The molecule has 2 aromatic carbocycles. The summed E-state index contributed by atoms with van der Waals surface area (Å²) >= 11 is 1.57. The lowest BCUT2D eigenvalue weighted by Crippen LogP contribution is -2.07. The van der Waals surface area contributed by atoms with Crippen molar-refractivity contribution in [2.75, 3.05) is 0 Å². The van der Waals surface area contributed by atoms with Gasteiger partial charge in [0.05, 0.1) is 21.7 Å². The van der Waals surface area contributed by atoms with Crippen LogP contribution >= 0.6 is 11.3 Å². The maximum absolute atomic E-state index is 13.0. The van der Waals surface area contributed by atoms with Crippen molar-refractivity contribution in [1.82, 2.24) is 4.98 Å². The van der Waals surface area contributed by atoms with Gasteiger partial charge in [0.2, 0.25) is 0 Å². The molecule has 3 nitrogen and oxygen atoms in total. The number of carbonyl (C=O) groups excluding carboxylic acids is 1. The van der Waals surface area contributed by atoms with E-state index in [0.717, 1.165) is 27.0 Å². The topological polar surface area (TPSA) is 39.2 Å². The van der Waals surface area contributed by atoms with Gasteiger partial charge in [0.25, 0.3) is 0 Å². The Morgan fingerprint density at radius 3 is 2.62 bits per heavy atom. The van der Waals surface area contributed by atoms with Crippen LogP contribution in [0.2, 0.25) is 0 Å². The van der Waals surface area contributed by atoms with Gasteiger partial charge in [-0.2, -0.15) is 0 Å². The van der Waals surface area contributed by atoms with Crippen molar-refractivity contribution in [2.45, 2.75) is 6.61 Å². The standard InChI is InChI=1S/C21H14FNO2S/c22-15-9-7-14(8-10-15)13-25-21(24)17-12-19(20-6-3-11-26-20)23-18-5-2-1-4-16(17)18/h1-12H,13H2. The van der Waals surface area contributed by atoms with Gasteiger partial charge in [0.15, 0.2) is 0 Å². The molecule has 0 N–H and O–H groups in total. The fourth-order valence-corrected chi connectivity index (χ4v) is 3.39. The van der Waals surface area contributed by atoms with Gasteiger partial charge in [-0.3, -0.25) is 0 Å². The lowest BCUT2D eigenvalue weighted by Gasteiger charge is -2.09. The first-order valence-electron chi connectivity index (χ1n) is 8.06. The lowest BCUT2D eigenvalue weighted by molar-refractivity contribution is 0.0475. The Balaban J connectivity index is 1.67. The van der Waals surface area contributed by atoms with Crippen molar-refractivity contribution in [2.24, 2.45) is 0 Å². The van der Waals surface area contributed by atoms with Crippen LogP contribution in [0, 0.1) is 5.82 Å². The summed E-state index contributed by atoms with van der Waals surface area (Å²) in [5.41, 5.74) is 2.69. The predicted octanol–water partition coefficient (Wildman–Crippen LogP) is 5.46. The first kappa shape index (κ1) is 16.4. The zero-order chi connectivity index (χ0) is 17.9. The second-order valence-corrected chi connectivity index (χ2v) is 6.70. The molecule has 0 aliphatic carbocycles. The number of fused-ring (bicyclic) bond motifs is 1. The maximum atomic E-state index is 13.0. The fourth-order valence-electron chi connectivity index (χ4n) is 2.70. The van der Waals surface area contributed by atoms with Gasteiger partial charge in [-0.25, -0.2) is 14.2 Å². The van der Waals surface area contributed by atoms with E-state index in [1.165, 1.54) is 12.1 Å². The summed E-state index contributed by atoms with van der Waals surface area (Å²) in [6.07, 6.45) is 0. The minimum Gasteiger partial charge on any atom is -0.457 e. The molecule has 128 valence electrons. The first-order chi connectivity index (χ1) is 12.7. The number of aromatic nitrogens is 1. The molecule has 0 radical (unpaired) electrons. The van der Waals surface area contributed by atoms with Crippen LogP contribution in [0.5, 0.6) is 0 Å². The van der Waals surface area contributed by atoms with E-state index in [4.69, 9.17) is 4.74 Å². The summed E-state index contributed by atoms with van der Waals surface area (Å²) in [4.78, 5) is 18.3. The molecule has 0 aliphatic rings. The summed E-state index contributed by atoms with van der Waals surface area (Å²) < 4.78 is 18.4. The molecule has 0 amide bonds. The van der Waals surface area contributed by atoms with Crippen LogP contribution in [-0.4, -0.2) is 11.0 Å². The van der Waals surface area contributed by atoms with E-state index in [1.54, 1.807) is 29.5 Å². The van der Waals surface area contributed by atoms with Crippen LogP contribution in [0.25, 0.3) is 21.5 Å². The molecule has 5 heteroatoms. The van der Waals surface area contributed by atoms with Gasteiger partial charge < -0.3 is 4.74 Å². The Hall–Kier alpha value is -3.05. The number of pyridine rings is 1. The largest absolute Gasteiger partial charge is 0.457 e. The number of esters is 1. The van der Waals surface area contributed by atoms with Crippen LogP contribution in [0.1, 0.15) is 15.9 Å². The minimum atomic E-state index is -0.425. The van der Waals surface area contributed by atoms with E-state index in [-0.39, 0.29) is 12.4 Å². The Morgan fingerprint density at radius 2 is 1.85 bits per heavy atom. The number of carbonyl (C=O) groups is 1. The number of rotatable bonds is 4. The second-order valence-electron chi connectivity index (χ2n) is 5.75. The number of hydrogen-bond donors (Lipinski definition) is 0. The van der Waals surface area contributed by atoms with Crippen LogP contribution in [0.3, 0.4) is 0 Å². The molecule has 0 spiro atoms. The van der Waals surface area contributed by atoms with Crippen LogP contribution in [0.4, 0.5) is 4.39 Å². The third-order valence-corrected chi connectivity index (χ3v) is 4.89. The molecule has 0 saturated carbocycles. The molecule has 0 unspecified atom stereocenters. The molecular weight excluding hydrogens is 349 g/mol. The summed E-state index contributed by atoms with van der Waals surface area (Å²) in [6.45, 7) is 0.0874. The molecule has 0 bridgehead atoms. The Bertz CT molecular complexity index is 1060. The third kappa shape index (κ3) is 3.34. The van der Waals surface area contributed by atoms with Gasteiger partial charge in [0, 0.05) is 5.39 Å². The molecule has 0 saturated heterocycles. The molecule has 0 aliphatic heterocycles. The zero-order valence-electron chi connectivity index (χ0n) is 13.7. The molecule has 26 heavy (non-hydrogen) atoms. The third-order valence-electron chi connectivity index (χ3n) is 3.99. The molecule has 0 fully saturated rings. The van der Waals surface area contributed by atoms with Gasteiger partial charge >= 0.3 is 5.97 Å². The summed E-state index contributed by atoms with van der Waals surface area (Å²) in [5.74, 6) is -0.744. The summed E-state index contributed by atoms with van der Waals surface area (Å²) in [7, 11) is 0. The van der Waals surface area contributed by atoms with E-state index in [0.29, 0.717) is 5.56 Å². The fraction of sp³-hybridized carbons (Fsp3) is 0.0476. The number of nitrogens with zero attached hydrogens (tertiary/aromatic N) is 1. The highest BCUT2D eigenvalue weighted by atomic mass is 32.1. The van der Waals surface area contributed by atoms with Gasteiger partial charge in [0.1, 0.15) is 12.4 Å². The quantitative estimate of drug-likeness (QED) is 0.452. The normalized spacial score (nSPS) is 10.8. The molecule has 0 atom stereocenters. The first-order valence-corrected chi connectivity index (χ1v) is 8.94. The lowest BCUT2D eigenvalue weighted by atomic mass is 10.1. The van der Waals surface area contributed by atoms with Crippen molar-refractivity contribution in [1.29, 1.82) is 0 Å². The number of ether oxygens (including phenoxy) is 1. The predicted molar refractivity (Wildman–Crippen MR) is 101 cm³/mol. The van der Waals surface area contributed by atoms with E-state index in [2.05, 4.69) is 4.98 Å². The van der Waals surface area contributed by atoms with Crippen LogP contribution < -0.4 is 0 Å². The van der Waals surface area contributed by atoms with E-state index < -0.39 is 5.97 Å². The van der Waals surface area contributed by atoms with Crippen LogP contribution in [0.15, 0.2) is 72.1 Å². The van der Waals surface area contributed by atoms with E-state index >= 15 is 0 Å². The highest BCUT2D eigenvalue weighted by molar-refractivity contribution is 7.13. The monoisotopic (exact) mass is 363 g/mol. The van der Waals surface area contributed by atoms with Crippen molar-refractivity contribution in [3.63, 3.8) is 0 Å². The molecule has 2 aromatic heterocycles. The van der Waals surface area contributed by atoms with Crippen molar-refractivity contribution >= 4 is 28.2 Å². The number of para-hydroxylation sites is 1.